The van der Waals surface area contributed by atoms with Crippen LogP contribution < -0.4 is 4.74 Å². The summed E-state index contributed by atoms with van der Waals surface area (Å²) in [5, 5.41) is 3.99. The molecule has 0 aliphatic rings. The van der Waals surface area contributed by atoms with E-state index in [1.54, 1.807) is 6.21 Å². The number of hydrogen-bond acceptors (Lipinski definition) is 3. The van der Waals surface area contributed by atoms with Gasteiger partial charge < -0.3 is 9.57 Å². The van der Waals surface area contributed by atoms with Crippen LogP contribution >= 0.6 is 15.9 Å². The van der Waals surface area contributed by atoms with Gasteiger partial charge in [-0.2, -0.15) is 0 Å². The van der Waals surface area contributed by atoms with E-state index in [2.05, 4.69) is 27.7 Å². The van der Waals surface area contributed by atoms with Crippen molar-refractivity contribution in [3.8, 4) is 5.75 Å². The Labute approximate surface area is 133 Å². The normalized spacial score (nSPS) is 10.5. The average molecular weight is 346 g/mol. The molecule has 0 aliphatic carbocycles. The molecule has 2 aromatic rings. The van der Waals surface area contributed by atoms with E-state index in [9.17, 15) is 0 Å². The molecule has 2 aromatic carbocycles. The predicted molar refractivity (Wildman–Crippen MR) is 88.8 cm³/mol. The van der Waals surface area contributed by atoms with Crippen LogP contribution in [-0.2, 0) is 11.4 Å². The van der Waals surface area contributed by atoms with E-state index in [1.807, 2.05) is 54.6 Å². The zero-order chi connectivity index (χ0) is 14.9. The van der Waals surface area contributed by atoms with Gasteiger partial charge in [-0.15, -0.1) is 0 Å². The largest absolute Gasteiger partial charge is 0.488 e. The number of ether oxygens (including phenoxy) is 1. The zero-order valence-corrected chi connectivity index (χ0v) is 13.1. The summed E-state index contributed by atoms with van der Waals surface area (Å²) in [6.07, 6.45) is 1.65. The van der Waals surface area contributed by atoms with Crippen molar-refractivity contribution in [2.45, 2.75) is 6.61 Å². The summed E-state index contributed by atoms with van der Waals surface area (Å²) in [4.78, 5) is 5.29. The Hall–Kier alpha value is -2.07. The molecule has 4 heteroatoms. The van der Waals surface area contributed by atoms with E-state index in [1.165, 1.54) is 0 Å². The molecule has 0 amide bonds. The topological polar surface area (TPSA) is 30.8 Å². The lowest BCUT2D eigenvalue weighted by molar-refractivity contribution is 0.132. The number of hydrogen-bond donors (Lipinski definition) is 0. The lowest BCUT2D eigenvalue weighted by atomic mass is 10.2. The van der Waals surface area contributed by atoms with Gasteiger partial charge in [-0.05, 0) is 17.7 Å². The maximum absolute atomic E-state index is 5.62. The molecular formula is C17H16BrNO2. The van der Waals surface area contributed by atoms with Crippen LogP contribution in [0.1, 0.15) is 11.1 Å². The second-order valence-electron chi connectivity index (χ2n) is 4.34. The third kappa shape index (κ3) is 5.44. The molecule has 0 spiro atoms. The first-order valence-corrected chi connectivity index (χ1v) is 7.29. The van der Waals surface area contributed by atoms with Gasteiger partial charge in [-0.25, -0.2) is 0 Å². The molecule has 3 nitrogen and oxygen atoms in total. The molecule has 0 saturated carbocycles. The third-order valence-corrected chi connectivity index (χ3v) is 2.87. The first-order chi connectivity index (χ1) is 10.3. The van der Waals surface area contributed by atoms with Crippen molar-refractivity contribution in [2.24, 2.45) is 5.16 Å². The van der Waals surface area contributed by atoms with Crippen LogP contribution in [-0.4, -0.2) is 12.8 Å². The van der Waals surface area contributed by atoms with Crippen molar-refractivity contribution in [1.29, 1.82) is 0 Å². The van der Waals surface area contributed by atoms with Crippen LogP contribution in [0.5, 0.6) is 5.75 Å². The van der Waals surface area contributed by atoms with Crippen LogP contribution in [0.25, 0.3) is 0 Å². The SMILES string of the molecule is C=C(Br)COc1ccccc1/C=N/OCc1ccccc1. The third-order valence-electron chi connectivity index (χ3n) is 2.64. The maximum Gasteiger partial charge on any atom is 0.142 e. The molecule has 2 rings (SSSR count). The Morgan fingerprint density at radius 2 is 1.81 bits per heavy atom. The molecule has 0 bridgehead atoms. The van der Waals surface area contributed by atoms with Gasteiger partial charge in [0.2, 0.25) is 0 Å². The predicted octanol–water partition coefficient (Wildman–Crippen LogP) is 4.52. The van der Waals surface area contributed by atoms with E-state index < -0.39 is 0 Å². The molecule has 0 aromatic heterocycles. The lowest BCUT2D eigenvalue weighted by Gasteiger charge is -2.07. The fourth-order valence-corrected chi connectivity index (χ4v) is 1.77. The Morgan fingerprint density at radius 1 is 1.10 bits per heavy atom. The van der Waals surface area contributed by atoms with Crippen LogP contribution in [0.15, 0.2) is 70.8 Å². The minimum absolute atomic E-state index is 0.412. The van der Waals surface area contributed by atoms with Gasteiger partial charge in [0.05, 0.1) is 6.21 Å². The molecule has 108 valence electrons. The van der Waals surface area contributed by atoms with E-state index in [0.29, 0.717) is 13.2 Å². The highest BCUT2D eigenvalue weighted by Gasteiger charge is 2.01. The molecule has 0 heterocycles. The van der Waals surface area contributed by atoms with Crippen LogP contribution in [0.4, 0.5) is 0 Å². The number of nitrogens with zero attached hydrogens (tertiary/aromatic N) is 1. The minimum Gasteiger partial charge on any atom is -0.488 e. The highest BCUT2D eigenvalue weighted by Crippen LogP contribution is 2.17. The summed E-state index contributed by atoms with van der Waals surface area (Å²) in [5.74, 6) is 0.741. The Morgan fingerprint density at radius 3 is 2.57 bits per heavy atom. The molecule has 0 aliphatic heterocycles. The number of rotatable bonds is 7. The quantitative estimate of drug-likeness (QED) is 0.545. The molecule has 0 N–H and O–H groups in total. The standard InChI is InChI=1S/C17H16BrNO2/c1-14(18)12-20-17-10-6-5-9-16(17)11-19-21-13-15-7-3-2-4-8-15/h2-11H,1,12-13H2/b19-11+. The number of halogens is 1. The van der Waals surface area contributed by atoms with E-state index in [4.69, 9.17) is 9.57 Å². The van der Waals surface area contributed by atoms with Crippen molar-refractivity contribution in [3.63, 3.8) is 0 Å². The Bertz CT molecular complexity index is 611. The molecular weight excluding hydrogens is 330 g/mol. The smallest absolute Gasteiger partial charge is 0.142 e. The first-order valence-electron chi connectivity index (χ1n) is 6.50. The van der Waals surface area contributed by atoms with Crippen molar-refractivity contribution in [1.82, 2.24) is 0 Å². The van der Waals surface area contributed by atoms with Crippen molar-refractivity contribution in [2.75, 3.05) is 6.61 Å². The van der Waals surface area contributed by atoms with Gasteiger partial charge in [0.1, 0.15) is 19.0 Å². The van der Waals surface area contributed by atoms with Gasteiger partial charge in [-0.1, -0.05) is 70.1 Å². The first kappa shape index (κ1) is 15.3. The van der Waals surface area contributed by atoms with Gasteiger partial charge in [0.25, 0.3) is 0 Å². The molecule has 0 atom stereocenters. The second kappa shape index (κ2) is 8.27. The highest BCUT2D eigenvalue weighted by atomic mass is 79.9. The monoisotopic (exact) mass is 345 g/mol. The van der Waals surface area contributed by atoms with Gasteiger partial charge >= 0.3 is 0 Å². The van der Waals surface area contributed by atoms with Gasteiger partial charge in [0.15, 0.2) is 0 Å². The maximum atomic E-state index is 5.62. The summed E-state index contributed by atoms with van der Waals surface area (Å²) in [5.41, 5.74) is 1.94. The zero-order valence-electron chi connectivity index (χ0n) is 11.5. The van der Waals surface area contributed by atoms with Crippen molar-refractivity contribution < 1.29 is 9.57 Å². The van der Waals surface area contributed by atoms with Crippen molar-refractivity contribution >= 4 is 22.1 Å². The number of oxime groups is 1. The summed E-state index contributed by atoms with van der Waals surface area (Å²) in [6, 6.07) is 17.5. The van der Waals surface area contributed by atoms with Gasteiger partial charge in [0, 0.05) is 10.0 Å². The fourth-order valence-electron chi connectivity index (χ4n) is 1.65. The van der Waals surface area contributed by atoms with E-state index >= 15 is 0 Å². The Balaban J connectivity index is 1.92. The summed E-state index contributed by atoms with van der Waals surface area (Å²) < 4.78 is 6.41. The van der Waals surface area contributed by atoms with E-state index in [0.717, 1.165) is 21.4 Å². The summed E-state index contributed by atoms with van der Waals surface area (Å²) >= 11 is 3.27. The lowest BCUT2D eigenvalue weighted by Crippen LogP contribution is -1.99. The molecule has 21 heavy (non-hydrogen) atoms. The summed E-state index contributed by atoms with van der Waals surface area (Å²) in [6.45, 7) is 4.60. The van der Waals surface area contributed by atoms with Crippen LogP contribution in [0.3, 0.4) is 0 Å². The Kier molecular flexibility index (Phi) is 6.03. The molecule has 0 unspecified atom stereocenters. The van der Waals surface area contributed by atoms with Crippen LogP contribution in [0, 0.1) is 0 Å². The highest BCUT2D eigenvalue weighted by molar-refractivity contribution is 9.11. The van der Waals surface area contributed by atoms with Crippen molar-refractivity contribution in [3.05, 3.63) is 76.8 Å². The minimum atomic E-state index is 0.412. The van der Waals surface area contributed by atoms with Gasteiger partial charge in [-0.3, -0.25) is 0 Å². The second-order valence-corrected chi connectivity index (χ2v) is 5.46. The van der Waals surface area contributed by atoms with E-state index in [-0.39, 0.29) is 0 Å². The summed E-state index contributed by atoms with van der Waals surface area (Å²) in [7, 11) is 0. The molecule has 0 radical (unpaired) electrons. The number of para-hydroxylation sites is 1. The number of benzene rings is 2. The molecule has 0 saturated heterocycles. The van der Waals surface area contributed by atoms with Crippen LogP contribution in [0.2, 0.25) is 0 Å². The molecule has 0 fully saturated rings. The average Bonchev–Trinajstić information content (AvgIpc) is 2.51. The fraction of sp³-hybridized carbons (Fsp3) is 0.118.